The third-order valence-corrected chi connectivity index (χ3v) is 5.97. The highest BCUT2D eigenvalue weighted by atomic mass is 35.5. The maximum atomic E-state index is 9.66. The number of ether oxygens (including phenoxy) is 2. The molecule has 0 aromatic heterocycles. The fraction of sp³-hybridized carbons (Fsp3) is 0.348. The third kappa shape index (κ3) is 3.80. The molecule has 5 rings (SSSR count). The van der Waals surface area contributed by atoms with Crippen molar-refractivity contribution in [3.63, 3.8) is 0 Å². The molecule has 5 atom stereocenters. The van der Waals surface area contributed by atoms with Crippen LogP contribution in [-0.4, -0.2) is 17.1 Å². The number of rotatable bonds is 6. The molecule has 0 spiro atoms. The summed E-state index contributed by atoms with van der Waals surface area (Å²) in [7, 11) is 0. The largest absolute Gasteiger partial charge is 0.370 e. The van der Waals surface area contributed by atoms with Crippen molar-refractivity contribution in [3.8, 4) is 6.07 Å². The van der Waals surface area contributed by atoms with Crippen LogP contribution >= 0.6 is 11.6 Å². The van der Waals surface area contributed by atoms with E-state index in [2.05, 4.69) is 24.3 Å². The number of hydrogen-bond donors (Lipinski definition) is 0. The van der Waals surface area contributed by atoms with E-state index in [1.54, 1.807) is 0 Å². The van der Waals surface area contributed by atoms with Gasteiger partial charge in [0, 0.05) is 11.8 Å². The Kier molecular flexibility index (Phi) is 5.31. The Hall–Kier alpha value is -2.12. The molecule has 1 fully saturated rings. The van der Waals surface area contributed by atoms with Gasteiger partial charge in [-0.15, -0.1) is 11.6 Å². The highest BCUT2D eigenvalue weighted by molar-refractivity contribution is 6.26. The summed E-state index contributed by atoms with van der Waals surface area (Å²) < 4.78 is 12.6. The van der Waals surface area contributed by atoms with Crippen molar-refractivity contribution in [2.24, 2.45) is 11.8 Å². The molecule has 3 nitrogen and oxygen atoms in total. The first-order valence-corrected chi connectivity index (χ1v) is 9.67. The van der Waals surface area contributed by atoms with Gasteiger partial charge in [-0.3, -0.25) is 0 Å². The Bertz CT molecular complexity index is 832. The predicted octanol–water partition coefficient (Wildman–Crippen LogP) is 4.86. The van der Waals surface area contributed by atoms with Crippen molar-refractivity contribution < 1.29 is 9.47 Å². The monoisotopic (exact) mass is 379 g/mol. The first kappa shape index (κ1) is 18.3. The van der Waals surface area contributed by atoms with E-state index < -0.39 is 4.87 Å². The van der Waals surface area contributed by atoms with E-state index in [1.165, 1.54) is 0 Å². The van der Waals surface area contributed by atoms with Crippen LogP contribution in [-0.2, 0) is 22.7 Å². The van der Waals surface area contributed by atoms with E-state index in [4.69, 9.17) is 21.1 Å². The number of nitriles is 1. The van der Waals surface area contributed by atoms with Crippen LogP contribution in [0.15, 0.2) is 72.8 Å². The van der Waals surface area contributed by atoms with Gasteiger partial charge in [0.2, 0.25) is 0 Å². The summed E-state index contributed by atoms with van der Waals surface area (Å²) in [6.07, 6.45) is 4.43. The number of nitrogens with zero attached hydrogens (tertiary/aromatic N) is 1. The molecule has 138 valence electrons. The molecular weight excluding hydrogens is 358 g/mol. The molecule has 4 heteroatoms. The Balaban J connectivity index is 1.52. The fourth-order valence-electron chi connectivity index (χ4n) is 4.08. The van der Waals surface area contributed by atoms with Gasteiger partial charge in [0.1, 0.15) is 4.87 Å². The van der Waals surface area contributed by atoms with Crippen molar-refractivity contribution in [2.45, 2.75) is 36.7 Å². The maximum Gasteiger partial charge on any atom is 0.140 e. The van der Waals surface area contributed by atoms with Crippen molar-refractivity contribution >= 4 is 11.6 Å². The molecule has 0 amide bonds. The van der Waals surface area contributed by atoms with Gasteiger partial charge >= 0.3 is 0 Å². The van der Waals surface area contributed by atoms with Crippen LogP contribution in [0, 0.1) is 23.2 Å². The summed E-state index contributed by atoms with van der Waals surface area (Å²) in [4.78, 5) is -0.923. The Morgan fingerprint density at radius 3 is 2.00 bits per heavy atom. The molecule has 2 aromatic rings. The summed E-state index contributed by atoms with van der Waals surface area (Å²) in [5.74, 6) is -0.102. The summed E-state index contributed by atoms with van der Waals surface area (Å²) in [5.41, 5.74) is 2.23. The van der Waals surface area contributed by atoms with E-state index in [-0.39, 0.29) is 24.0 Å². The SMILES string of the molecule is N#C[C@]1(Cl)C[C@H]2C=C[C@@H]1[C@H](OCc1ccccc1)[C@H]2OCc1ccccc1. The lowest BCUT2D eigenvalue weighted by Crippen LogP contribution is -2.57. The third-order valence-electron chi connectivity index (χ3n) is 5.48. The molecule has 1 saturated carbocycles. The smallest absolute Gasteiger partial charge is 0.140 e. The van der Waals surface area contributed by atoms with Crippen LogP contribution in [0.5, 0.6) is 0 Å². The molecule has 0 unspecified atom stereocenters. The number of fused-ring (bicyclic) bond motifs is 2. The second kappa shape index (κ2) is 7.86. The van der Waals surface area contributed by atoms with Crippen molar-refractivity contribution in [1.29, 1.82) is 5.26 Å². The average Bonchev–Trinajstić information content (AvgIpc) is 2.73. The van der Waals surface area contributed by atoms with E-state index >= 15 is 0 Å². The van der Waals surface area contributed by atoms with Crippen molar-refractivity contribution in [2.75, 3.05) is 0 Å². The van der Waals surface area contributed by atoms with Crippen LogP contribution < -0.4 is 0 Å². The highest BCUT2D eigenvalue weighted by Crippen LogP contribution is 2.49. The normalized spacial score (nSPS) is 31.6. The predicted molar refractivity (Wildman–Crippen MR) is 105 cm³/mol. The van der Waals surface area contributed by atoms with Gasteiger partial charge in [0.15, 0.2) is 0 Å². The molecule has 0 saturated heterocycles. The second-order valence-corrected chi connectivity index (χ2v) is 7.95. The van der Waals surface area contributed by atoms with Gasteiger partial charge in [-0.2, -0.15) is 5.26 Å². The molecule has 27 heavy (non-hydrogen) atoms. The average molecular weight is 380 g/mol. The minimum atomic E-state index is -0.923. The molecule has 0 aliphatic heterocycles. The fourth-order valence-corrected chi connectivity index (χ4v) is 4.45. The zero-order chi connectivity index (χ0) is 18.7. The number of benzene rings is 2. The van der Waals surface area contributed by atoms with Crippen LogP contribution in [0.2, 0.25) is 0 Å². The lowest BCUT2D eigenvalue weighted by Gasteiger charge is -2.49. The highest BCUT2D eigenvalue weighted by Gasteiger charge is 2.55. The van der Waals surface area contributed by atoms with Crippen LogP contribution in [0.25, 0.3) is 0 Å². The second-order valence-electron chi connectivity index (χ2n) is 7.28. The Morgan fingerprint density at radius 1 is 0.889 bits per heavy atom. The first-order chi connectivity index (χ1) is 13.2. The zero-order valence-electron chi connectivity index (χ0n) is 15.0. The molecule has 2 aromatic carbocycles. The van der Waals surface area contributed by atoms with Gasteiger partial charge in [0.05, 0.1) is 31.5 Å². The molecule has 2 bridgehead atoms. The van der Waals surface area contributed by atoms with Crippen LogP contribution in [0.4, 0.5) is 0 Å². The zero-order valence-corrected chi connectivity index (χ0v) is 15.8. The van der Waals surface area contributed by atoms with Gasteiger partial charge in [-0.25, -0.2) is 0 Å². The van der Waals surface area contributed by atoms with Gasteiger partial charge < -0.3 is 9.47 Å². The van der Waals surface area contributed by atoms with E-state index in [1.807, 2.05) is 54.6 Å². The lowest BCUT2D eigenvalue weighted by molar-refractivity contribution is -0.145. The molecule has 0 heterocycles. The quantitative estimate of drug-likeness (QED) is 0.531. The maximum absolute atomic E-state index is 9.66. The number of halogens is 1. The number of hydrogen-bond acceptors (Lipinski definition) is 3. The molecule has 3 aliphatic rings. The van der Waals surface area contributed by atoms with Gasteiger partial charge in [-0.1, -0.05) is 72.8 Å². The standard InChI is InChI=1S/C23H22ClNO2/c24-23(16-25)13-19-11-12-20(23)22(27-15-18-9-5-2-6-10-18)21(19)26-14-17-7-3-1-4-8-17/h1-12,19-22H,13-15H2/t19-,20-,21+,22+,23-/m1/s1. The minimum Gasteiger partial charge on any atom is -0.370 e. The van der Waals surface area contributed by atoms with Crippen molar-refractivity contribution in [3.05, 3.63) is 83.9 Å². The summed E-state index contributed by atoms with van der Waals surface area (Å²) in [6, 6.07) is 22.5. The minimum absolute atomic E-state index is 0.0802. The molecule has 0 N–H and O–H groups in total. The van der Waals surface area contributed by atoms with Crippen LogP contribution in [0.3, 0.4) is 0 Å². The van der Waals surface area contributed by atoms with Gasteiger partial charge in [-0.05, 0) is 17.5 Å². The summed E-state index contributed by atoms with van der Waals surface area (Å²) in [5, 5.41) is 9.66. The summed E-state index contributed by atoms with van der Waals surface area (Å²) in [6.45, 7) is 1.00. The first-order valence-electron chi connectivity index (χ1n) is 9.29. The number of alkyl halides is 1. The molecular formula is C23H22ClNO2. The van der Waals surface area contributed by atoms with Gasteiger partial charge in [0.25, 0.3) is 0 Å². The Morgan fingerprint density at radius 2 is 1.44 bits per heavy atom. The molecule has 0 radical (unpaired) electrons. The Labute approximate surface area is 165 Å². The van der Waals surface area contributed by atoms with Crippen molar-refractivity contribution in [1.82, 2.24) is 0 Å². The molecule has 3 aliphatic carbocycles. The lowest BCUT2D eigenvalue weighted by atomic mass is 9.65. The van der Waals surface area contributed by atoms with E-state index in [9.17, 15) is 5.26 Å². The summed E-state index contributed by atoms with van der Waals surface area (Å²) >= 11 is 6.67. The van der Waals surface area contributed by atoms with E-state index in [0.29, 0.717) is 19.6 Å². The topological polar surface area (TPSA) is 42.2 Å². The van der Waals surface area contributed by atoms with Crippen LogP contribution in [0.1, 0.15) is 17.5 Å². The van der Waals surface area contributed by atoms with E-state index in [0.717, 1.165) is 11.1 Å².